The van der Waals surface area contributed by atoms with E-state index in [9.17, 15) is 18.0 Å². The van der Waals surface area contributed by atoms with Gasteiger partial charge in [-0.15, -0.1) is 0 Å². The zero-order valence-corrected chi connectivity index (χ0v) is 15.6. The van der Waals surface area contributed by atoms with Gasteiger partial charge in [-0.2, -0.15) is 23.3 Å². The fraction of sp³-hybridized carbons (Fsp3) is 0.238. The number of hydrazone groups is 1. The van der Waals surface area contributed by atoms with E-state index in [1.165, 1.54) is 18.2 Å². The van der Waals surface area contributed by atoms with Crippen molar-refractivity contribution >= 4 is 29.1 Å². The summed E-state index contributed by atoms with van der Waals surface area (Å²) in [6, 6.07) is 15.1. The molecule has 28 heavy (non-hydrogen) atoms. The third kappa shape index (κ3) is 3.93. The third-order valence-corrected chi connectivity index (χ3v) is 4.48. The predicted octanol–water partition coefficient (Wildman–Crippen LogP) is 4.88. The fourth-order valence-corrected chi connectivity index (χ4v) is 3.04. The summed E-state index contributed by atoms with van der Waals surface area (Å²) in [5.41, 5.74) is 0.113. The number of benzene rings is 2. The lowest BCUT2D eigenvalue weighted by Crippen LogP contribution is -2.25. The van der Waals surface area contributed by atoms with Gasteiger partial charge < -0.3 is 4.90 Å². The van der Waals surface area contributed by atoms with Gasteiger partial charge in [-0.1, -0.05) is 30.3 Å². The summed E-state index contributed by atoms with van der Waals surface area (Å²) in [5, 5.41) is 4.35. The van der Waals surface area contributed by atoms with Crippen molar-refractivity contribution in [3.05, 3.63) is 65.7 Å². The van der Waals surface area contributed by atoms with Gasteiger partial charge in [0, 0.05) is 18.8 Å². The van der Waals surface area contributed by atoms with Crippen LogP contribution in [0.2, 0.25) is 0 Å². The molecule has 0 radical (unpaired) electrons. The van der Waals surface area contributed by atoms with Gasteiger partial charge in [0.05, 0.1) is 11.3 Å². The maximum Gasteiger partial charge on any atom is 0.435 e. The minimum atomic E-state index is -4.73. The Morgan fingerprint density at radius 1 is 1.00 bits per heavy atom. The molecule has 1 aliphatic rings. The van der Waals surface area contributed by atoms with E-state index >= 15 is 0 Å². The van der Waals surface area contributed by atoms with Crippen LogP contribution in [0.25, 0.3) is 6.08 Å². The third-order valence-electron chi connectivity index (χ3n) is 4.48. The highest BCUT2D eigenvalue weighted by molar-refractivity contribution is 6.34. The van der Waals surface area contributed by atoms with Gasteiger partial charge in [0.25, 0.3) is 5.91 Å². The smallest absolute Gasteiger partial charge is 0.372 e. The molecule has 3 rings (SSSR count). The standard InChI is InChI=1S/C21H20F3N3O/c1-3-26(4-2)16-12-10-15(11-13-16)14-18-19(21(22,23)24)25-27(20(18)28)17-8-6-5-7-9-17/h5-14H,3-4H2,1-2H3. The first-order valence-electron chi connectivity index (χ1n) is 8.97. The highest BCUT2D eigenvalue weighted by atomic mass is 19.4. The molecule has 2 aromatic carbocycles. The number of carbonyl (C=O) groups excluding carboxylic acids is 1. The van der Waals surface area contributed by atoms with Crippen LogP contribution in [0.5, 0.6) is 0 Å². The van der Waals surface area contributed by atoms with Crippen LogP contribution >= 0.6 is 0 Å². The van der Waals surface area contributed by atoms with E-state index in [0.29, 0.717) is 5.56 Å². The van der Waals surface area contributed by atoms with E-state index in [0.717, 1.165) is 23.8 Å². The molecule has 146 valence electrons. The van der Waals surface area contributed by atoms with Gasteiger partial charge in [-0.05, 0) is 49.8 Å². The van der Waals surface area contributed by atoms with Crippen LogP contribution < -0.4 is 9.91 Å². The van der Waals surface area contributed by atoms with Crippen LogP contribution in [0.3, 0.4) is 0 Å². The number of anilines is 2. The lowest BCUT2D eigenvalue weighted by molar-refractivity contribution is -0.114. The van der Waals surface area contributed by atoms with Gasteiger partial charge in [0.15, 0.2) is 5.71 Å². The van der Waals surface area contributed by atoms with Crippen molar-refractivity contribution in [3.63, 3.8) is 0 Å². The van der Waals surface area contributed by atoms with E-state index in [2.05, 4.69) is 10.0 Å². The van der Waals surface area contributed by atoms with E-state index in [1.54, 1.807) is 30.3 Å². The van der Waals surface area contributed by atoms with E-state index in [-0.39, 0.29) is 5.69 Å². The van der Waals surface area contributed by atoms with Crippen LogP contribution in [0.1, 0.15) is 19.4 Å². The summed E-state index contributed by atoms with van der Waals surface area (Å²) in [7, 11) is 0. The zero-order valence-electron chi connectivity index (χ0n) is 15.6. The fourth-order valence-electron chi connectivity index (χ4n) is 3.04. The van der Waals surface area contributed by atoms with Gasteiger partial charge in [0.1, 0.15) is 0 Å². The van der Waals surface area contributed by atoms with Crippen molar-refractivity contribution < 1.29 is 18.0 Å². The molecule has 0 saturated carbocycles. The normalized spacial score (nSPS) is 15.9. The summed E-state index contributed by atoms with van der Waals surface area (Å²) in [6.07, 6.45) is -3.49. The van der Waals surface area contributed by atoms with Gasteiger partial charge in [-0.25, -0.2) is 0 Å². The summed E-state index contributed by atoms with van der Waals surface area (Å²) in [6.45, 7) is 5.71. The highest BCUT2D eigenvalue weighted by Gasteiger charge is 2.46. The molecule has 1 aliphatic heterocycles. The molecule has 0 N–H and O–H groups in total. The molecule has 2 aromatic rings. The monoisotopic (exact) mass is 387 g/mol. The van der Waals surface area contributed by atoms with Crippen molar-refractivity contribution in [2.75, 3.05) is 23.0 Å². The van der Waals surface area contributed by atoms with Gasteiger partial charge >= 0.3 is 6.18 Å². The topological polar surface area (TPSA) is 35.9 Å². The Hall–Kier alpha value is -3.09. The summed E-state index contributed by atoms with van der Waals surface area (Å²) >= 11 is 0. The minimum absolute atomic E-state index is 0.287. The minimum Gasteiger partial charge on any atom is -0.372 e. The van der Waals surface area contributed by atoms with E-state index in [4.69, 9.17) is 0 Å². The van der Waals surface area contributed by atoms with Crippen molar-refractivity contribution in [1.82, 2.24) is 0 Å². The first kappa shape index (κ1) is 19.7. The zero-order chi connectivity index (χ0) is 20.3. The number of nitrogens with zero attached hydrogens (tertiary/aromatic N) is 3. The van der Waals surface area contributed by atoms with Crippen LogP contribution in [-0.4, -0.2) is 30.9 Å². The molecule has 0 saturated heterocycles. The molecule has 0 unspecified atom stereocenters. The van der Waals surface area contributed by atoms with Crippen LogP contribution in [0, 0.1) is 0 Å². The summed E-state index contributed by atoms with van der Waals surface area (Å²) in [4.78, 5) is 14.8. The Kier molecular flexibility index (Phi) is 5.53. The first-order chi connectivity index (χ1) is 13.3. The van der Waals surface area contributed by atoms with Crippen molar-refractivity contribution in [2.45, 2.75) is 20.0 Å². The second kappa shape index (κ2) is 7.88. The maximum absolute atomic E-state index is 13.5. The molecule has 1 heterocycles. The van der Waals surface area contributed by atoms with Crippen LogP contribution in [0.15, 0.2) is 65.3 Å². The average molecular weight is 387 g/mol. The van der Waals surface area contributed by atoms with E-state index in [1.807, 2.05) is 26.0 Å². The molecule has 0 fully saturated rings. The largest absolute Gasteiger partial charge is 0.435 e. The number of para-hydroxylation sites is 1. The number of hydrogen-bond acceptors (Lipinski definition) is 3. The highest BCUT2D eigenvalue weighted by Crippen LogP contribution is 2.32. The quantitative estimate of drug-likeness (QED) is 0.686. The Morgan fingerprint density at radius 3 is 2.14 bits per heavy atom. The van der Waals surface area contributed by atoms with Crippen LogP contribution in [-0.2, 0) is 4.79 Å². The molecule has 1 amide bonds. The number of halogens is 3. The van der Waals surface area contributed by atoms with Crippen molar-refractivity contribution in [3.8, 4) is 0 Å². The predicted molar refractivity (Wildman–Crippen MR) is 105 cm³/mol. The number of amides is 1. The second-order valence-corrected chi connectivity index (χ2v) is 6.22. The molecule has 0 aliphatic carbocycles. The number of alkyl halides is 3. The Morgan fingerprint density at radius 2 is 1.61 bits per heavy atom. The van der Waals surface area contributed by atoms with Gasteiger partial charge in [0.2, 0.25) is 0 Å². The van der Waals surface area contributed by atoms with E-state index < -0.39 is 23.4 Å². The Labute approximate surface area is 161 Å². The van der Waals surface area contributed by atoms with Crippen molar-refractivity contribution in [1.29, 1.82) is 0 Å². The maximum atomic E-state index is 13.5. The SMILES string of the molecule is CCN(CC)c1ccc(C=C2C(=O)N(c3ccccc3)N=C2C(F)(F)F)cc1. The molecule has 4 nitrogen and oxygen atoms in total. The lowest BCUT2D eigenvalue weighted by atomic mass is 10.1. The number of carbonyl (C=O) groups is 1. The molecule has 0 bridgehead atoms. The van der Waals surface area contributed by atoms with Crippen molar-refractivity contribution in [2.24, 2.45) is 5.10 Å². The Bertz CT molecular complexity index is 899. The summed E-state index contributed by atoms with van der Waals surface area (Å²) < 4.78 is 40.4. The molecule has 7 heteroatoms. The molecule has 0 atom stereocenters. The lowest BCUT2D eigenvalue weighted by Gasteiger charge is -2.20. The first-order valence-corrected chi connectivity index (χ1v) is 8.97. The number of rotatable bonds is 5. The average Bonchev–Trinajstić information content (AvgIpc) is 3.01. The van der Waals surface area contributed by atoms with Gasteiger partial charge in [-0.3, -0.25) is 4.79 Å². The van der Waals surface area contributed by atoms with Crippen LogP contribution in [0.4, 0.5) is 24.5 Å². The summed E-state index contributed by atoms with van der Waals surface area (Å²) in [5.74, 6) is -0.800. The molecule has 0 aromatic heterocycles. The Balaban J connectivity index is 1.97. The molecular formula is C21H20F3N3O. The molecule has 0 spiro atoms. The molecular weight excluding hydrogens is 367 g/mol. The number of hydrogen-bond donors (Lipinski definition) is 0. The second-order valence-electron chi connectivity index (χ2n) is 6.22.